The topological polar surface area (TPSA) is 46.5 Å². The van der Waals surface area contributed by atoms with Crippen molar-refractivity contribution >= 4 is 6.29 Å². The Bertz CT molecular complexity index is 446. The second-order valence-corrected chi connectivity index (χ2v) is 5.64. The predicted octanol–water partition coefficient (Wildman–Crippen LogP) is 5.25. The van der Waals surface area contributed by atoms with E-state index in [2.05, 4.69) is 6.92 Å². The summed E-state index contributed by atoms with van der Waals surface area (Å²) in [5.41, 5.74) is 0.0449. The van der Waals surface area contributed by atoms with Crippen molar-refractivity contribution in [2.75, 3.05) is 6.61 Å². The molecule has 0 bridgehead atoms. The molecule has 0 aliphatic heterocycles. The number of aromatic hydroxyl groups is 1. The summed E-state index contributed by atoms with van der Waals surface area (Å²) >= 11 is 0. The van der Waals surface area contributed by atoms with E-state index in [1.807, 2.05) is 0 Å². The van der Waals surface area contributed by atoms with Gasteiger partial charge >= 0.3 is 0 Å². The molecule has 0 spiro atoms. The lowest BCUT2D eigenvalue weighted by molar-refractivity contribution is 0.112. The van der Waals surface area contributed by atoms with Gasteiger partial charge in [-0.3, -0.25) is 4.79 Å². The van der Waals surface area contributed by atoms with Crippen molar-refractivity contribution in [3.8, 4) is 11.5 Å². The molecule has 0 fully saturated rings. The van der Waals surface area contributed by atoms with Gasteiger partial charge in [0.15, 0.2) is 17.9 Å². The molecule has 0 saturated carbocycles. The van der Waals surface area contributed by atoms with Crippen LogP contribution in [-0.4, -0.2) is 18.0 Å². The van der Waals surface area contributed by atoms with Gasteiger partial charge in [-0.25, -0.2) is 4.39 Å². The van der Waals surface area contributed by atoms with Gasteiger partial charge in [0.05, 0.1) is 12.2 Å². The predicted molar refractivity (Wildman–Crippen MR) is 86.2 cm³/mol. The maximum absolute atomic E-state index is 13.5. The van der Waals surface area contributed by atoms with Gasteiger partial charge in [0, 0.05) is 6.07 Å². The Morgan fingerprint density at radius 1 is 1.05 bits per heavy atom. The van der Waals surface area contributed by atoms with Crippen molar-refractivity contribution in [3.05, 3.63) is 23.5 Å². The van der Waals surface area contributed by atoms with Crippen LogP contribution in [0, 0.1) is 5.82 Å². The average Bonchev–Trinajstić information content (AvgIpc) is 2.51. The third kappa shape index (κ3) is 6.92. The Morgan fingerprint density at radius 3 is 2.23 bits per heavy atom. The maximum atomic E-state index is 13.5. The van der Waals surface area contributed by atoms with Crippen LogP contribution in [0.4, 0.5) is 4.39 Å². The van der Waals surface area contributed by atoms with E-state index in [0.717, 1.165) is 18.9 Å². The monoisotopic (exact) mass is 310 g/mol. The zero-order valence-electron chi connectivity index (χ0n) is 13.4. The minimum absolute atomic E-state index is 0.0273. The number of unbranched alkanes of at least 4 members (excludes halogenated alkanes) is 8. The van der Waals surface area contributed by atoms with Crippen LogP contribution in [0.2, 0.25) is 0 Å². The molecule has 0 aromatic heterocycles. The summed E-state index contributed by atoms with van der Waals surface area (Å²) in [7, 11) is 0. The lowest BCUT2D eigenvalue weighted by Gasteiger charge is -2.08. The molecule has 0 saturated heterocycles. The van der Waals surface area contributed by atoms with Crippen molar-refractivity contribution in [1.29, 1.82) is 0 Å². The first kappa shape index (κ1) is 18.5. The second-order valence-electron chi connectivity index (χ2n) is 5.64. The summed E-state index contributed by atoms with van der Waals surface area (Å²) in [6.07, 6.45) is 11.4. The number of phenolic OH excluding ortho intramolecular Hbond substituents is 1. The summed E-state index contributed by atoms with van der Waals surface area (Å²) in [5.74, 6) is -0.971. The Balaban J connectivity index is 2.13. The van der Waals surface area contributed by atoms with Crippen LogP contribution in [0.15, 0.2) is 12.1 Å². The lowest BCUT2D eigenvalue weighted by Crippen LogP contribution is -2.00. The number of hydrogen-bond donors (Lipinski definition) is 1. The molecule has 124 valence electrons. The quantitative estimate of drug-likeness (QED) is 0.423. The third-order valence-corrected chi connectivity index (χ3v) is 3.71. The fourth-order valence-electron chi connectivity index (χ4n) is 2.36. The normalized spacial score (nSPS) is 10.6. The largest absolute Gasteiger partial charge is 0.507 e. The van der Waals surface area contributed by atoms with Gasteiger partial charge in [0.25, 0.3) is 0 Å². The fraction of sp³-hybridized carbons (Fsp3) is 0.611. The third-order valence-electron chi connectivity index (χ3n) is 3.71. The van der Waals surface area contributed by atoms with Crippen LogP contribution in [0.1, 0.15) is 75.1 Å². The molecule has 0 aliphatic rings. The fourth-order valence-corrected chi connectivity index (χ4v) is 2.36. The molecule has 0 aliphatic carbocycles. The Labute approximate surface area is 132 Å². The molecule has 0 amide bonds. The minimum Gasteiger partial charge on any atom is -0.507 e. The summed E-state index contributed by atoms with van der Waals surface area (Å²) in [4.78, 5) is 10.7. The summed E-state index contributed by atoms with van der Waals surface area (Å²) in [6, 6.07) is 2.15. The average molecular weight is 310 g/mol. The molecular formula is C18H27FO3. The Morgan fingerprint density at radius 2 is 1.64 bits per heavy atom. The van der Waals surface area contributed by atoms with Gasteiger partial charge in [-0.2, -0.15) is 0 Å². The van der Waals surface area contributed by atoms with E-state index in [-0.39, 0.29) is 17.1 Å². The van der Waals surface area contributed by atoms with Crippen molar-refractivity contribution in [3.63, 3.8) is 0 Å². The number of carbonyl (C=O) groups is 1. The SMILES string of the molecule is CCCCCCCCCCCOc1cc(C=O)c(O)cc1F. The molecular weight excluding hydrogens is 283 g/mol. The van der Waals surface area contributed by atoms with E-state index in [1.54, 1.807) is 0 Å². The van der Waals surface area contributed by atoms with E-state index in [0.29, 0.717) is 12.9 Å². The van der Waals surface area contributed by atoms with Crippen molar-refractivity contribution in [1.82, 2.24) is 0 Å². The van der Waals surface area contributed by atoms with Crippen LogP contribution < -0.4 is 4.74 Å². The van der Waals surface area contributed by atoms with Crippen LogP contribution in [0.5, 0.6) is 11.5 Å². The molecule has 0 atom stereocenters. The Hall–Kier alpha value is -1.58. The number of benzene rings is 1. The standard InChI is InChI=1S/C18H27FO3/c1-2-3-4-5-6-7-8-9-10-11-22-18-12-15(14-20)17(21)13-16(18)19/h12-14,21H,2-11H2,1H3. The van der Waals surface area contributed by atoms with Gasteiger partial charge in [0.1, 0.15) is 5.75 Å². The number of hydrogen-bond acceptors (Lipinski definition) is 3. The highest BCUT2D eigenvalue weighted by Gasteiger charge is 2.09. The highest BCUT2D eigenvalue weighted by molar-refractivity contribution is 5.79. The summed E-state index contributed by atoms with van der Waals surface area (Å²) in [6.45, 7) is 2.64. The zero-order valence-corrected chi connectivity index (χ0v) is 13.4. The number of ether oxygens (including phenoxy) is 1. The molecule has 1 rings (SSSR count). The van der Waals surface area contributed by atoms with E-state index < -0.39 is 5.82 Å². The molecule has 1 N–H and O–H groups in total. The zero-order chi connectivity index (χ0) is 16.2. The number of rotatable bonds is 12. The van der Waals surface area contributed by atoms with Crippen molar-refractivity contribution < 1.29 is 19.0 Å². The van der Waals surface area contributed by atoms with Gasteiger partial charge in [-0.1, -0.05) is 58.3 Å². The van der Waals surface area contributed by atoms with Crippen LogP contribution in [-0.2, 0) is 0 Å². The van der Waals surface area contributed by atoms with Gasteiger partial charge in [0.2, 0.25) is 0 Å². The molecule has 0 radical (unpaired) electrons. The van der Waals surface area contributed by atoms with E-state index in [4.69, 9.17) is 4.74 Å². The number of halogens is 1. The van der Waals surface area contributed by atoms with Crippen molar-refractivity contribution in [2.24, 2.45) is 0 Å². The van der Waals surface area contributed by atoms with Crippen LogP contribution >= 0.6 is 0 Å². The Kier molecular flexibility index (Phi) is 9.28. The number of phenols is 1. The van der Waals surface area contributed by atoms with Crippen LogP contribution in [0.25, 0.3) is 0 Å². The number of carbonyl (C=O) groups excluding carboxylic acids is 1. The first-order valence-corrected chi connectivity index (χ1v) is 8.29. The second kappa shape index (κ2) is 11.0. The lowest BCUT2D eigenvalue weighted by atomic mass is 10.1. The molecule has 0 heterocycles. The van der Waals surface area contributed by atoms with Crippen molar-refractivity contribution in [2.45, 2.75) is 64.7 Å². The van der Waals surface area contributed by atoms with E-state index in [1.165, 1.54) is 51.0 Å². The van der Waals surface area contributed by atoms with E-state index >= 15 is 0 Å². The molecule has 0 unspecified atom stereocenters. The first-order valence-electron chi connectivity index (χ1n) is 8.29. The van der Waals surface area contributed by atoms with Gasteiger partial charge in [-0.15, -0.1) is 0 Å². The van der Waals surface area contributed by atoms with Gasteiger partial charge in [-0.05, 0) is 12.5 Å². The maximum Gasteiger partial charge on any atom is 0.168 e. The molecule has 3 nitrogen and oxygen atoms in total. The highest BCUT2D eigenvalue weighted by Crippen LogP contribution is 2.26. The summed E-state index contributed by atoms with van der Waals surface area (Å²) < 4.78 is 18.9. The molecule has 4 heteroatoms. The molecule has 1 aromatic carbocycles. The number of aldehydes is 1. The minimum atomic E-state index is -0.640. The smallest absolute Gasteiger partial charge is 0.168 e. The first-order chi connectivity index (χ1) is 10.7. The molecule has 1 aromatic rings. The highest BCUT2D eigenvalue weighted by atomic mass is 19.1. The molecule has 22 heavy (non-hydrogen) atoms. The van der Waals surface area contributed by atoms with E-state index in [9.17, 15) is 14.3 Å². The van der Waals surface area contributed by atoms with Gasteiger partial charge < -0.3 is 9.84 Å². The summed E-state index contributed by atoms with van der Waals surface area (Å²) in [5, 5.41) is 9.34. The van der Waals surface area contributed by atoms with Crippen LogP contribution in [0.3, 0.4) is 0 Å².